The number of rotatable bonds is 9. The molecule has 176 valence electrons. The third-order valence-electron chi connectivity index (χ3n) is 5.28. The molecule has 0 spiro atoms. The average molecular weight is 473 g/mol. The molecule has 0 radical (unpaired) electrons. The summed E-state index contributed by atoms with van der Waals surface area (Å²) < 4.78 is 33.8. The van der Waals surface area contributed by atoms with Gasteiger partial charge >= 0.3 is 0 Å². The van der Waals surface area contributed by atoms with Crippen molar-refractivity contribution < 1.29 is 17.9 Å². The van der Waals surface area contributed by atoms with Crippen LogP contribution in [0.15, 0.2) is 52.2 Å². The van der Waals surface area contributed by atoms with Crippen LogP contribution in [0.4, 0.5) is 5.69 Å². The van der Waals surface area contributed by atoms with Crippen molar-refractivity contribution >= 4 is 32.4 Å². The molecule has 0 aliphatic carbocycles. The number of sulfonamides is 1. The fourth-order valence-electron chi connectivity index (χ4n) is 3.61. The number of methoxy groups -OCH3 is 1. The van der Waals surface area contributed by atoms with Crippen LogP contribution in [0.3, 0.4) is 0 Å². The standard InChI is InChI=1S/C23H28N4O5S/c1-5-14-27-23(29)18-11-9-8-10-17(18)21(25-27)22(28)24-19-15-16(12-13-20(19)32-4)33(30,31)26(6-2)7-3/h8-13,15H,5-7,14H2,1-4H3,(H,24,28). The Morgan fingerprint density at radius 1 is 1.09 bits per heavy atom. The summed E-state index contributed by atoms with van der Waals surface area (Å²) in [5.41, 5.74) is -0.0125. The number of ether oxygens (including phenoxy) is 1. The molecule has 1 amide bonds. The van der Waals surface area contributed by atoms with Crippen molar-refractivity contribution in [3.8, 4) is 5.75 Å². The highest BCUT2D eigenvalue weighted by atomic mass is 32.2. The van der Waals surface area contributed by atoms with E-state index in [1.165, 1.54) is 34.3 Å². The molecule has 0 saturated carbocycles. The molecule has 10 heteroatoms. The third kappa shape index (κ3) is 4.76. The summed E-state index contributed by atoms with van der Waals surface area (Å²) in [5.74, 6) is -0.278. The van der Waals surface area contributed by atoms with Crippen LogP contribution in [-0.2, 0) is 16.6 Å². The molecule has 1 N–H and O–H groups in total. The molecular formula is C23H28N4O5S. The van der Waals surface area contributed by atoms with Gasteiger partial charge in [-0.15, -0.1) is 0 Å². The molecule has 3 rings (SSSR count). The van der Waals surface area contributed by atoms with E-state index in [9.17, 15) is 18.0 Å². The second-order valence-electron chi connectivity index (χ2n) is 7.33. The van der Waals surface area contributed by atoms with Crippen molar-refractivity contribution in [2.75, 3.05) is 25.5 Å². The van der Waals surface area contributed by atoms with Crippen LogP contribution < -0.4 is 15.6 Å². The van der Waals surface area contributed by atoms with Gasteiger partial charge in [0.2, 0.25) is 10.0 Å². The predicted molar refractivity (Wildman–Crippen MR) is 127 cm³/mol. The Labute approximate surface area is 193 Å². The topological polar surface area (TPSA) is 111 Å². The van der Waals surface area contributed by atoms with E-state index in [0.717, 1.165) is 0 Å². The fourth-order valence-corrected chi connectivity index (χ4v) is 5.09. The van der Waals surface area contributed by atoms with Gasteiger partial charge in [0.1, 0.15) is 5.75 Å². The number of aromatic nitrogens is 2. The van der Waals surface area contributed by atoms with Gasteiger partial charge in [0.05, 0.1) is 23.1 Å². The normalized spacial score (nSPS) is 11.7. The van der Waals surface area contributed by atoms with E-state index < -0.39 is 15.9 Å². The molecule has 0 aliphatic rings. The molecule has 2 aromatic carbocycles. The van der Waals surface area contributed by atoms with Crippen LogP contribution in [-0.4, -0.2) is 48.6 Å². The van der Waals surface area contributed by atoms with Crippen LogP contribution >= 0.6 is 0 Å². The Morgan fingerprint density at radius 3 is 2.36 bits per heavy atom. The van der Waals surface area contributed by atoms with E-state index in [4.69, 9.17) is 4.74 Å². The first kappa shape index (κ1) is 24.4. The number of nitrogens with one attached hydrogen (secondary N) is 1. The highest BCUT2D eigenvalue weighted by Gasteiger charge is 2.24. The first-order chi connectivity index (χ1) is 15.8. The highest BCUT2D eigenvalue weighted by molar-refractivity contribution is 7.89. The fraction of sp³-hybridized carbons (Fsp3) is 0.348. The molecular weight excluding hydrogens is 444 g/mol. The molecule has 0 bridgehead atoms. The van der Waals surface area contributed by atoms with Gasteiger partial charge in [-0.3, -0.25) is 9.59 Å². The summed E-state index contributed by atoms with van der Waals surface area (Å²) in [7, 11) is -2.31. The lowest BCUT2D eigenvalue weighted by Crippen LogP contribution is -2.30. The third-order valence-corrected chi connectivity index (χ3v) is 7.33. The monoisotopic (exact) mass is 472 g/mol. The van der Waals surface area contributed by atoms with Crippen molar-refractivity contribution in [2.24, 2.45) is 0 Å². The lowest BCUT2D eigenvalue weighted by atomic mass is 10.1. The molecule has 3 aromatic rings. The Morgan fingerprint density at radius 2 is 1.76 bits per heavy atom. The number of fused-ring (bicyclic) bond motifs is 1. The molecule has 9 nitrogen and oxygen atoms in total. The number of hydrogen-bond acceptors (Lipinski definition) is 6. The number of carbonyl (C=O) groups excluding carboxylic acids is 1. The van der Waals surface area contributed by atoms with Gasteiger partial charge in [-0.25, -0.2) is 13.1 Å². The number of nitrogens with zero attached hydrogens (tertiary/aromatic N) is 3. The second-order valence-corrected chi connectivity index (χ2v) is 9.27. The molecule has 0 saturated heterocycles. The zero-order valence-corrected chi connectivity index (χ0v) is 20.0. The maximum absolute atomic E-state index is 13.3. The van der Waals surface area contributed by atoms with Crippen LogP contribution in [0.25, 0.3) is 10.8 Å². The van der Waals surface area contributed by atoms with Crippen LogP contribution in [0.5, 0.6) is 5.75 Å². The van der Waals surface area contributed by atoms with Crippen molar-refractivity contribution in [1.82, 2.24) is 14.1 Å². The molecule has 0 atom stereocenters. The second kappa shape index (κ2) is 10.1. The SMILES string of the molecule is CCCn1nc(C(=O)Nc2cc(S(=O)(=O)N(CC)CC)ccc2OC)c2ccccc2c1=O. The van der Waals surface area contributed by atoms with Crippen LogP contribution in [0, 0.1) is 0 Å². The van der Waals surface area contributed by atoms with E-state index in [0.29, 0.717) is 42.6 Å². The van der Waals surface area contributed by atoms with Crippen LogP contribution in [0.1, 0.15) is 37.7 Å². The van der Waals surface area contributed by atoms with Gasteiger partial charge in [0.15, 0.2) is 5.69 Å². The summed E-state index contributed by atoms with van der Waals surface area (Å²) >= 11 is 0. The van der Waals surface area contributed by atoms with E-state index in [2.05, 4.69) is 10.4 Å². The van der Waals surface area contributed by atoms with Gasteiger partial charge in [0, 0.05) is 25.0 Å². The number of hydrogen-bond donors (Lipinski definition) is 1. The molecule has 0 aliphatic heterocycles. The van der Waals surface area contributed by atoms with Crippen molar-refractivity contribution in [2.45, 2.75) is 38.6 Å². The van der Waals surface area contributed by atoms with Crippen molar-refractivity contribution in [3.63, 3.8) is 0 Å². The highest BCUT2D eigenvalue weighted by Crippen LogP contribution is 2.29. The van der Waals surface area contributed by atoms with E-state index in [1.54, 1.807) is 38.1 Å². The Hall–Kier alpha value is -3.24. The van der Waals surface area contributed by atoms with Gasteiger partial charge < -0.3 is 10.1 Å². The quantitative estimate of drug-likeness (QED) is 0.512. The van der Waals surface area contributed by atoms with Crippen LogP contribution in [0.2, 0.25) is 0 Å². The minimum atomic E-state index is -3.74. The molecule has 0 fully saturated rings. The van der Waals surface area contributed by atoms with E-state index in [1.807, 2.05) is 6.92 Å². The molecule has 1 aromatic heterocycles. The van der Waals surface area contributed by atoms with Crippen molar-refractivity contribution in [1.29, 1.82) is 0 Å². The molecule has 0 unspecified atom stereocenters. The summed E-state index contributed by atoms with van der Waals surface area (Å²) in [6.07, 6.45) is 0.672. The first-order valence-electron chi connectivity index (χ1n) is 10.8. The minimum absolute atomic E-state index is 0.0380. The van der Waals surface area contributed by atoms with E-state index in [-0.39, 0.29) is 21.8 Å². The van der Waals surface area contributed by atoms with Gasteiger partial charge in [-0.05, 0) is 30.7 Å². The smallest absolute Gasteiger partial charge is 0.276 e. The number of carbonyl (C=O) groups is 1. The largest absolute Gasteiger partial charge is 0.495 e. The van der Waals surface area contributed by atoms with Crippen molar-refractivity contribution in [3.05, 3.63) is 58.5 Å². The average Bonchev–Trinajstić information content (AvgIpc) is 2.81. The first-order valence-corrected chi connectivity index (χ1v) is 12.2. The molecule has 1 heterocycles. The Bertz CT molecular complexity index is 1330. The molecule has 33 heavy (non-hydrogen) atoms. The van der Waals surface area contributed by atoms with Gasteiger partial charge in [-0.2, -0.15) is 9.40 Å². The number of amides is 1. The van der Waals surface area contributed by atoms with Gasteiger partial charge in [0.25, 0.3) is 11.5 Å². The number of aryl methyl sites for hydroxylation is 1. The summed E-state index contributed by atoms with van der Waals surface area (Å²) in [5, 5.41) is 7.81. The maximum atomic E-state index is 13.3. The predicted octanol–water partition coefficient (Wildman–Crippen LogP) is 3.10. The summed E-state index contributed by atoms with van der Waals surface area (Å²) in [6.45, 7) is 6.44. The Kier molecular flexibility index (Phi) is 7.50. The summed E-state index contributed by atoms with van der Waals surface area (Å²) in [6, 6.07) is 11.1. The van der Waals surface area contributed by atoms with E-state index >= 15 is 0 Å². The number of anilines is 1. The van der Waals surface area contributed by atoms with Gasteiger partial charge in [-0.1, -0.05) is 39.0 Å². The lowest BCUT2D eigenvalue weighted by Gasteiger charge is -2.19. The number of benzene rings is 2. The lowest BCUT2D eigenvalue weighted by molar-refractivity contribution is 0.102. The zero-order chi connectivity index (χ0) is 24.2. The summed E-state index contributed by atoms with van der Waals surface area (Å²) in [4.78, 5) is 26.0. The minimum Gasteiger partial charge on any atom is -0.495 e. The zero-order valence-electron chi connectivity index (χ0n) is 19.2. The Balaban J connectivity index is 2.09. The maximum Gasteiger partial charge on any atom is 0.276 e.